The van der Waals surface area contributed by atoms with E-state index in [4.69, 9.17) is 0 Å². The van der Waals surface area contributed by atoms with E-state index in [9.17, 15) is 5.11 Å². The first-order valence-electron chi connectivity index (χ1n) is 8.36. The summed E-state index contributed by atoms with van der Waals surface area (Å²) in [5.74, 6) is 0.564. The Kier molecular flexibility index (Phi) is 3.43. The summed E-state index contributed by atoms with van der Waals surface area (Å²) in [7, 11) is 0. The molecule has 1 unspecified atom stereocenters. The van der Waals surface area contributed by atoms with Gasteiger partial charge in [0.15, 0.2) is 0 Å². The summed E-state index contributed by atoms with van der Waals surface area (Å²) in [5, 5.41) is 19.4. The number of aliphatic hydroxyl groups is 1. The minimum absolute atomic E-state index is 0.564. The average molecular weight is 351 g/mol. The van der Waals surface area contributed by atoms with E-state index < -0.39 is 6.10 Å². The zero-order chi connectivity index (χ0) is 16.8. The third-order valence-electron chi connectivity index (χ3n) is 4.56. The fourth-order valence-electron chi connectivity index (χ4n) is 3.15. The summed E-state index contributed by atoms with van der Waals surface area (Å²) in [6.45, 7) is 0.639. The van der Waals surface area contributed by atoms with Gasteiger partial charge in [0.1, 0.15) is 23.0 Å². The Morgan fingerprint density at radius 3 is 2.88 bits per heavy atom. The lowest BCUT2D eigenvalue weighted by Gasteiger charge is -2.09. The van der Waals surface area contributed by atoms with Crippen LogP contribution in [0.25, 0.3) is 4.83 Å². The van der Waals surface area contributed by atoms with Crippen LogP contribution in [0.3, 0.4) is 0 Å². The Morgan fingerprint density at radius 1 is 1.24 bits per heavy atom. The van der Waals surface area contributed by atoms with Crippen molar-refractivity contribution in [2.45, 2.75) is 31.4 Å². The molecule has 1 aromatic carbocycles. The van der Waals surface area contributed by atoms with Crippen LogP contribution in [0.5, 0.6) is 0 Å². The maximum absolute atomic E-state index is 11.0. The zero-order valence-electron chi connectivity index (χ0n) is 13.5. The zero-order valence-corrected chi connectivity index (χ0v) is 14.3. The van der Waals surface area contributed by atoms with Gasteiger partial charge in [0.05, 0.1) is 24.6 Å². The van der Waals surface area contributed by atoms with Gasteiger partial charge in [-0.25, -0.2) is 9.67 Å². The van der Waals surface area contributed by atoms with Crippen LogP contribution in [0.15, 0.2) is 49.1 Å². The highest BCUT2D eigenvalue weighted by Gasteiger charge is 2.33. The van der Waals surface area contributed by atoms with Gasteiger partial charge in [0, 0.05) is 4.88 Å². The van der Waals surface area contributed by atoms with E-state index in [0.29, 0.717) is 18.2 Å². The lowest BCUT2D eigenvalue weighted by molar-refractivity contribution is 0.208. The van der Waals surface area contributed by atoms with Crippen LogP contribution in [0.2, 0.25) is 0 Å². The van der Waals surface area contributed by atoms with Gasteiger partial charge in [-0.1, -0.05) is 35.5 Å². The molecule has 0 saturated heterocycles. The average Bonchev–Trinajstić information content (AvgIpc) is 3.04. The van der Waals surface area contributed by atoms with Crippen LogP contribution in [0.4, 0.5) is 0 Å². The molecule has 4 aromatic rings. The highest BCUT2D eigenvalue weighted by molar-refractivity contribution is 7.17. The van der Waals surface area contributed by atoms with Gasteiger partial charge < -0.3 is 5.11 Å². The number of fused-ring (bicyclic) bond motifs is 1. The van der Waals surface area contributed by atoms with Crippen molar-refractivity contribution in [2.75, 3.05) is 0 Å². The molecule has 1 N–H and O–H groups in total. The largest absolute Gasteiger partial charge is 0.380 e. The maximum atomic E-state index is 11.0. The molecule has 1 atom stereocenters. The molecule has 0 radical (unpaired) electrons. The molecule has 3 heterocycles. The number of hydrogen-bond acceptors (Lipinski definition) is 5. The van der Waals surface area contributed by atoms with Gasteiger partial charge >= 0.3 is 0 Å². The van der Waals surface area contributed by atoms with E-state index in [1.54, 1.807) is 22.3 Å². The predicted molar refractivity (Wildman–Crippen MR) is 94.7 cm³/mol. The maximum Gasteiger partial charge on any atom is 0.141 e. The van der Waals surface area contributed by atoms with Crippen LogP contribution in [0.1, 0.15) is 46.7 Å². The lowest BCUT2D eigenvalue weighted by atomic mass is 10.1. The topological polar surface area (TPSA) is 68.2 Å². The van der Waals surface area contributed by atoms with E-state index in [1.807, 2.05) is 35.0 Å². The SMILES string of the molecule is OC(c1cn(Cc2ccccc2)nn1)c1c(C2CC2)sc2cncn12. The van der Waals surface area contributed by atoms with Crippen LogP contribution >= 0.6 is 11.3 Å². The standard InChI is InChI=1S/C18H17N5OS/c24-17(14-10-22(21-20-14)9-12-4-2-1-3-5-12)16-18(13-6-7-13)25-15-8-19-11-23(15)16/h1-5,8,10-11,13,17,24H,6-7,9H2. The number of imidazole rings is 1. The molecular weight excluding hydrogens is 334 g/mol. The van der Waals surface area contributed by atoms with Gasteiger partial charge in [-0.15, -0.1) is 16.4 Å². The van der Waals surface area contributed by atoms with Crippen molar-refractivity contribution in [1.29, 1.82) is 0 Å². The van der Waals surface area contributed by atoms with Crippen molar-refractivity contribution in [3.8, 4) is 0 Å². The third-order valence-corrected chi connectivity index (χ3v) is 5.84. The van der Waals surface area contributed by atoms with Crippen molar-refractivity contribution >= 4 is 16.2 Å². The molecule has 25 heavy (non-hydrogen) atoms. The molecule has 7 heteroatoms. The monoisotopic (exact) mass is 351 g/mol. The van der Waals surface area contributed by atoms with E-state index in [-0.39, 0.29) is 0 Å². The van der Waals surface area contributed by atoms with Gasteiger partial charge in [-0.3, -0.25) is 4.40 Å². The van der Waals surface area contributed by atoms with Gasteiger partial charge in [-0.05, 0) is 24.3 Å². The highest BCUT2D eigenvalue weighted by atomic mass is 32.1. The number of benzene rings is 1. The van der Waals surface area contributed by atoms with E-state index in [2.05, 4.69) is 27.4 Å². The number of thiazole rings is 1. The minimum atomic E-state index is -0.789. The quantitative estimate of drug-likeness (QED) is 0.600. The summed E-state index contributed by atoms with van der Waals surface area (Å²) < 4.78 is 3.75. The molecule has 1 aliphatic rings. The Balaban J connectivity index is 1.48. The third kappa shape index (κ3) is 2.65. The first-order chi connectivity index (χ1) is 12.3. The summed E-state index contributed by atoms with van der Waals surface area (Å²) in [4.78, 5) is 6.52. The molecule has 126 valence electrons. The second-order valence-electron chi connectivity index (χ2n) is 6.46. The van der Waals surface area contributed by atoms with Gasteiger partial charge in [-0.2, -0.15) is 0 Å². The fraction of sp³-hybridized carbons (Fsp3) is 0.278. The Bertz CT molecular complexity index is 1010. The molecule has 1 aliphatic carbocycles. The van der Waals surface area contributed by atoms with E-state index in [0.717, 1.165) is 16.1 Å². The van der Waals surface area contributed by atoms with Crippen molar-refractivity contribution in [2.24, 2.45) is 0 Å². The predicted octanol–water partition coefficient (Wildman–Crippen LogP) is 2.99. The van der Waals surface area contributed by atoms with Crippen molar-refractivity contribution < 1.29 is 5.11 Å². The molecule has 6 nitrogen and oxygen atoms in total. The van der Waals surface area contributed by atoms with Crippen molar-refractivity contribution in [3.05, 3.63) is 70.9 Å². The summed E-state index contributed by atoms with van der Waals surface area (Å²) in [6.07, 6.45) is 7.04. The van der Waals surface area contributed by atoms with Crippen molar-refractivity contribution in [3.63, 3.8) is 0 Å². The number of rotatable bonds is 5. The Morgan fingerprint density at radius 2 is 2.08 bits per heavy atom. The van der Waals surface area contributed by atoms with Crippen molar-refractivity contribution in [1.82, 2.24) is 24.4 Å². The number of aliphatic hydroxyl groups excluding tert-OH is 1. The second-order valence-corrected chi connectivity index (χ2v) is 7.52. The highest BCUT2D eigenvalue weighted by Crippen LogP contribution is 2.47. The molecule has 0 amide bonds. The molecule has 1 fully saturated rings. The first-order valence-corrected chi connectivity index (χ1v) is 9.18. The van der Waals surface area contributed by atoms with E-state index in [1.165, 1.54) is 17.7 Å². The number of aromatic nitrogens is 5. The van der Waals surface area contributed by atoms with Gasteiger partial charge in [0.2, 0.25) is 0 Å². The molecule has 0 bridgehead atoms. The second kappa shape index (κ2) is 5.79. The smallest absolute Gasteiger partial charge is 0.141 e. The Labute approximate surface area is 148 Å². The minimum Gasteiger partial charge on any atom is -0.380 e. The van der Waals surface area contributed by atoms with Crippen LogP contribution in [-0.4, -0.2) is 29.5 Å². The fourth-order valence-corrected chi connectivity index (χ4v) is 4.45. The molecular formula is C18H17N5OS. The molecule has 0 aliphatic heterocycles. The summed E-state index contributed by atoms with van der Waals surface area (Å²) in [5.41, 5.74) is 2.62. The van der Waals surface area contributed by atoms with Gasteiger partial charge in [0.25, 0.3) is 0 Å². The number of hydrogen-bond donors (Lipinski definition) is 1. The van der Waals surface area contributed by atoms with Crippen LogP contribution < -0.4 is 0 Å². The Hall–Kier alpha value is -2.51. The summed E-state index contributed by atoms with van der Waals surface area (Å²) >= 11 is 1.72. The van der Waals surface area contributed by atoms with Crippen LogP contribution in [0, 0.1) is 0 Å². The molecule has 5 rings (SSSR count). The summed E-state index contributed by atoms with van der Waals surface area (Å²) in [6, 6.07) is 10.1. The van der Waals surface area contributed by atoms with Crippen LogP contribution in [-0.2, 0) is 6.54 Å². The lowest BCUT2D eigenvalue weighted by Crippen LogP contribution is -2.06. The molecule has 3 aromatic heterocycles. The van der Waals surface area contributed by atoms with E-state index >= 15 is 0 Å². The first kappa shape index (κ1) is 14.8. The normalized spacial score (nSPS) is 15.7. The molecule has 1 saturated carbocycles. The molecule has 0 spiro atoms. The number of nitrogens with zero attached hydrogens (tertiary/aromatic N) is 5.